The first-order valence-electron chi connectivity index (χ1n) is 7.33. The van der Waals surface area contributed by atoms with Gasteiger partial charge in [0.1, 0.15) is 12.4 Å². The van der Waals surface area contributed by atoms with Crippen LogP contribution in [0.4, 0.5) is 0 Å². The van der Waals surface area contributed by atoms with Crippen molar-refractivity contribution in [2.75, 3.05) is 13.2 Å². The summed E-state index contributed by atoms with van der Waals surface area (Å²) in [5, 5.41) is 0. The van der Waals surface area contributed by atoms with E-state index in [-0.39, 0.29) is 6.29 Å². The van der Waals surface area contributed by atoms with Crippen molar-refractivity contribution in [1.29, 1.82) is 0 Å². The Hall–Kier alpha value is -1.84. The average molecular weight is 286 g/mol. The molecule has 0 amide bonds. The van der Waals surface area contributed by atoms with E-state index in [1.807, 2.05) is 68.4 Å². The fraction of sp³-hybridized carbons (Fsp3) is 0.333. The maximum absolute atomic E-state index is 5.83. The van der Waals surface area contributed by atoms with E-state index in [0.717, 1.165) is 16.9 Å². The van der Waals surface area contributed by atoms with Crippen LogP contribution in [0.3, 0.4) is 0 Å². The molecule has 0 aliphatic heterocycles. The van der Waals surface area contributed by atoms with Crippen molar-refractivity contribution in [2.45, 2.75) is 26.7 Å². The van der Waals surface area contributed by atoms with Crippen molar-refractivity contribution in [2.24, 2.45) is 0 Å². The van der Waals surface area contributed by atoms with Crippen molar-refractivity contribution in [3.8, 4) is 5.75 Å². The Kier molecular flexibility index (Phi) is 6.25. The van der Waals surface area contributed by atoms with Gasteiger partial charge in [0, 0.05) is 18.8 Å². The molecule has 0 aliphatic rings. The fourth-order valence-electron chi connectivity index (χ4n) is 2.04. The summed E-state index contributed by atoms with van der Waals surface area (Å²) in [4.78, 5) is 0. The van der Waals surface area contributed by atoms with Gasteiger partial charge in [0.15, 0.2) is 6.29 Å². The predicted molar refractivity (Wildman–Crippen MR) is 83.2 cm³/mol. The minimum atomic E-state index is -0.333. The summed E-state index contributed by atoms with van der Waals surface area (Å²) >= 11 is 0. The fourth-order valence-corrected chi connectivity index (χ4v) is 2.04. The summed E-state index contributed by atoms with van der Waals surface area (Å²) in [6.45, 7) is 5.70. The highest BCUT2D eigenvalue weighted by Crippen LogP contribution is 2.23. The van der Waals surface area contributed by atoms with Crippen LogP contribution in [0.5, 0.6) is 5.75 Å². The van der Waals surface area contributed by atoms with Crippen LogP contribution < -0.4 is 4.74 Å². The molecule has 3 nitrogen and oxygen atoms in total. The van der Waals surface area contributed by atoms with Crippen molar-refractivity contribution in [3.63, 3.8) is 0 Å². The van der Waals surface area contributed by atoms with Crippen LogP contribution in [0, 0.1) is 0 Å². The molecule has 21 heavy (non-hydrogen) atoms. The van der Waals surface area contributed by atoms with Crippen LogP contribution in [0.1, 0.15) is 31.3 Å². The lowest BCUT2D eigenvalue weighted by molar-refractivity contribution is -0.140. The van der Waals surface area contributed by atoms with Gasteiger partial charge in [-0.2, -0.15) is 0 Å². The van der Waals surface area contributed by atoms with Crippen LogP contribution >= 0.6 is 0 Å². The molecule has 0 unspecified atom stereocenters. The standard InChI is InChI=1S/C18H22O3/c1-3-19-18(20-4-2)16-11-8-12-17(13-16)21-14-15-9-6-5-7-10-15/h5-13,18H,3-4,14H2,1-2H3. The van der Waals surface area contributed by atoms with Gasteiger partial charge in [-0.05, 0) is 31.5 Å². The van der Waals surface area contributed by atoms with E-state index >= 15 is 0 Å². The summed E-state index contributed by atoms with van der Waals surface area (Å²) in [7, 11) is 0. The first-order chi connectivity index (χ1) is 10.3. The summed E-state index contributed by atoms with van der Waals surface area (Å²) in [6.07, 6.45) is -0.333. The molecule has 0 saturated carbocycles. The molecule has 0 fully saturated rings. The quantitative estimate of drug-likeness (QED) is 0.676. The molecule has 0 aromatic heterocycles. The molecule has 2 rings (SSSR count). The molecule has 3 heteroatoms. The normalized spacial score (nSPS) is 10.8. The van der Waals surface area contributed by atoms with Gasteiger partial charge in [0.2, 0.25) is 0 Å². The lowest BCUT2D eigenvalue weighted by atomic mass is 10.2. The Morgan fingerprint density at radius 2 is 1.57 bits per heavy atom. The highest BCUT2D eigenvalue weighted by atomic mass is 16.7. The van der Waals surface area contributed by atoms with Gasteiger partial charge in [-0.15, -0.1) is 0 Å². The molecule has 0 heterocycles. The second-order valence-corrected chi connectivity index (χ2v) is 4.59. The maximum atomic E-state index is 5.83. The second-order valence-electron chi connectivity index (χ2n) is 4.59. The van der Waals surface area contributed by atoms with E-state index in [1.54, 1.807) is 0 Å². The molecule has 0 radical (unpaired) electrons. The maximum Gasteiger partial charge on any atom is 0.183 e. The Morgan fingerprint density at radius 3 is 2.24 bits per heavy atom. The number of hydrogen-bond donors (Lipinski definition) is 0. The van der Waals surface area contributed by atoms with Gasteiger partial charge in [-0.1, -0.05) is 42.5 Å². The summed E-state index contributed by atoms with van der Waals surface area (Å²) in [5.74, 6) is 0.820. The molecule has 0 atom stereocenters. The molecule has 0 aliphatic carbocycles. The molecule has 0 N–H and O–H groups in total. The molecule has 0 bridgehead atoms. The minimum Gasteiger partial charge on any atom is -0.489 e. The first kappa shape index (κ1) is 15.5. The van der Waals surface area contributed by atoms with Crippen LogP contribution in [-0.2, 0) is 16.1 Å². The SMILES string of the molecule is CCOC(OCC)c1cccc(OCc2ccccc2)c1. The molecule has 2 aromatic carbocycles. The summed E-state index contributed by atoms with van der Waals surface area (Å²) in [5.41, 5.74) is 2.12. The third-order valence-electron chi connectivity index (χ3n) is 3.01. The van der Waals surface area contributed by atoms with Gasteiger partial charge in [0.25, 0.3) is 0 Å². The van der Waals surface area contributed by atoms with Crippen LogP contribution in [0.25, 0.3) is 0 Å². The lowest BCUT2D eigenvalue weighted by Gasteiger charge is -2.18. The van der Waals surface area contributed by atoms with Gasteiger partial charge < -0.3 is 14.2 Å². The van der Waals surface area contributed by atoms with E-state index in [4.69, 9.17) is 14.2 Å². The monoisotopic (exact) mass is 286 g/mol. The molecule has 2 aromatic rings. The summed E-state index contributed by atoms with van der Waals surface area (Å²) in [6, 6.07) is 18.0. The van der Waals surface area contributed by atoms with E-state index in [1.165, 1.54) is 0 Å². The molecule has 112 valence electrons. The van der Waals surface area contributed by atoms with Gasteiger partial charge in [0.05, 0.1) is 0 Å². The highest BCUT2D eigenvalue weighted by molar-refractivity contribution is 5.29. The van der Waals surface area contributed by atoms with Crippen molar-refractivity contribution in [3.05, 3.63) is 65.7 Å². The molecule has 0 spiro atoms. The molecular formula is C18H22O3. The Bertz CT molecular complexity index is 519. The molecular weight excluding hydrogens is 264 g/mol. The second kappa shape index (κ2) is 8.45. The Balaban J connectivity index is 2.02. The Morgan fingerprint density at radius 1 is 0.857 bits per heavy atom. The zero-order valence-corrected chi connectivity index (χ0v) is 12.6. The van der Waals surface area contributed by atoms with Gasteiger partial charge in [-0.3, -0.25) is 0 Å². The summed E-state index contributed by atoms with van der Waals surface area (Å²) < 4.78 is 17.0. The van der Waals surface area contributed by atoms with E-state index in [2.05, 4.69) is 0 Å². The number of rotatable bonds is 8. The van der Waals surface area contributed by atoms with Crippen LogP contribution in [0.2, 0.25) is 0 Å². The number of benzene rings is 2. The first-order valence-corrected chi connectivity index (χ1v) is 7.33. The largest absolute Gasteiger partial charge is 0.489 e. The van der Waals surface area contributed by atoms with Crippen molar-refractivity contribution in [1.82, 2.24) is 0 Å². The lowest BCUT2D eigenvalue weighted by Crippen LogP contribution is -2.09. The smallest absolute Gasteiger partial charge is 0.183 e. The van der Waals surface area contributed by atoms with E-state index in [0.29, 0.717) is 19.8 Å². The van der Waals surface area contributed by atoms with Gasteiger partial charge in [-0.25, -0.2) is 0 Å². The third-order valence-corrected chi connectivity index (χ3v) is 3.01. The predicted octanol–water partition coefficient (Wildman–Crippen LogP) is 4.34. The average Bonchev–Trinajstić information content (AvgIpc) is 2.54. The Labute approximate surface area is 126 Å². The van der Waals surface area contributed by atoms with E-state index in [9.17, 15) is 0 Å². The minimum absolute atomic E-state index is 0.333. The topological polar surface area (TPSA) is 27.7 Å². The van der Waals surface area contributed by atoms with E-state index < -0.39 is 0 Å². The zero-order chi connectivity index (χ0) is 14.9. The van der Waals surface area contributed by atoms with Crippen LogP contribution in [0.15, 0.2) is 54.6 Å². The number of hydrogen-bond acceptors (Lipinski definition) is 3. The highest BCUT2D eigenvalue weighted by Gasteiger charge is 2.11. The number of ether oxygens (including phenoxy) is 3. The van der Waals surface area contributed by atoms with Crippen molar-refractivity contribution < 1.29 is 14.2 Å². The molecule has 0 saturated heterocycles. The zero-order valence-electron chi connectivity index (χ0n) is 12.6. The van der Waals surface area contributed by atoms with Crippen molar-refractivity contribution >= 4 is 0 Å². The van der Waals surface area contributed by atoms with Crippen LogP contribution in [-0.4, -0.2) is 13.2 Å². The third kappa shape index (κ3) is 4.88. The van der Waals surface area contributed by atoms with Gasteiger partial charge >= 0.3 is 0 Å².